The molecule has 23 heavy (non-hydrogen) atoms. The molecule has 0 saturated carbocycles. The molecule has 0 amide bonds. The van der Waals surface area contributed by atoms with Crippen LogP contribution in [-0.4, -0.2) is 31.2 Å². The van der Waals surface area contributed by atoms with E-state index in [0.29, 0.717) is 6.61 Å². The van der Waals surface area contributed by atoms with Crippen molar-refractivity contribution in [1.29, 1.82) is 0 Å². The molecule has 1 saturated heterocycles. The summed E-state index contributed by atoms with van der Waals surface area (Å²) in [4.78, 5) is 4.20. The molecule has 2 atom stereocenters. The lowest BCUT2D eigenvalue weighted by Gasteiger charge is -2.28. The van der Waals surface area contributed by atoms with E-state index in [4.69, 9.17) is 4.74 Å². The average molecular weight is 349 g/mol. The van der Waals surface area contributed by atoms with Gasteiger partial charge in [-0.2, -0.15) is 0 Å². The number of thioether (sulfide) groups is 2. The van der Waals surface area contributed by atoms with Crippen LogP contribution in [0.5, 0.6) is 5.75 Å². The summed E-state index contributed by atoms with van der Waals surface area (Å²) in [7, 11) is 0. The molecule has 1 aromatic heterocycles. The topological polar surface area (TPSA) is 27.1 Å². The lowest BCUT2D eigenvalue weighted by atomic mass is 10.1. The summed E-state index contributed by atoms with van der Waals surface area (Å²) in [5, 5.41) is 0.756. The molecule has 2 unspecified atom stereocenters. The Labute approximate surface area is 147 Å². The van der Waals surface area contributed by atoms with Crippen molar-refractivity contribution in [2.45, 2.75) is 42.6 Å². The van der Waals surface area contributed by atoms with Crippen molar-refractivity contribution in [3.05, 3.63) is 48.5 Å². The molecule has 0 bridgehead atoms. The number of imidazole rings is 1. The van der Waals surface area contributed by atoms with Crippen LogP contribution in [0.25, 0.3) is 0 Å². The third kappa shape index (κ3) is 4.27. The molecule has 1 aliphatic rings. The van der Waals surface area contributed by atoms with Crippen LogP contribution in [0.3, 0.4) is 0 Å². The van der Waals surface area contributed by atoms with E-state index in [0.717, 1.165) is 24.0 Å². The van der Waals surface area contributed by atoms with E-state index in [1.54, 1.807) is 0 Å². The fourth-order valence-electron chi connectivity index (χ4n) is 2.89. The van der Waals surface area contributed by atoms with Crippen molar-refractivity contribution in [2.24, 2.45) is 0 Å². The first-order valence-corrected chi connectivity index (χ1v) is 10.1. The predicted octanol–water partition coefficient (Wildman–Crippen LogP) is 4.48. The number of hydrogen-bond acceptors (Lipinski definition) is 4. The maximum atomic E-state index is 5.55. The van der Waals surface area contributed by atoms with Crippen LogP contribution in [-0.2, 0) is 13.0 Å². The quantitative estimate of drug-likeness (QED) is 0.737. The first-order chi connectivity index (χ1) is 11.2. The zero-order chi connectivity index (χ0) is 16.1. The smallest absolute Gasteiger partial charge is 0.119 e. The monoisotopic (exact) mass is 348 g/mol. The maximum Gasteiger partial charge on any atom is 0.119 e. The molecule has 1 aliphatic heterocycles. The van der Waals surface area contributed by atoms with E-state index >= 15 is 0 Å². The third-order valence-electron chi connectivity index (χ3n) is 4.06. The largest absolute Gasteiger partial charge is 0.494 e. The number of hydrogen-bond donors (Lipinski definition) is 0. The molecule has 3 nitrogen and oxygen atoms in total. The molecular formula is C18H24N2OS2. The number of aromatic nitrogens is 2. The number of ether oxygens (including phenoxy) is 1. The maximum absolute atomic E-state index is 5.55. The molecular weight excluding hydrogens is 324 g/mol. The highest BCUT2D eigenvalue weighted by Crippen LogP contribution is 2.51. The molecule has 0 N–H and O–H groups in total. The Morgan fingerprint density at radius 3 is 2.74 bits per heavy atom. The zero-order valence-corrected chi connectivity index (χ0v) is 15.4. The van der Waals surface area contributed by atoms with Crippen molar-refractivity contribution in [2.75, 3.05) is 12.4 Å². The van der Waals surface area contributed by atoms with Gasteiger partial charge in [0.1, 0.15) is 5.75 Å². The molecule has 1 fully saturated rings. The first-order valence-electron chi connectivity index (χ1n) is 8.22. The Morgan fingerprint density at radius 1 is 1.30 bits per heavy atom. The van der Waals surface area contributed by atoms with Crippen LogP contribution in [0, 0.1) is 0 Å². The highest BCUT2D eigenvalue weighted by molar-refractivity contribution is 8.21. The van der Waals surface area contributed by atoms with E-state index in [-0.39, 0.29) is 4.08 Å². The number of rotatable bonds is 7. The predicted molar refractivity (Wildman–Crippen MR) is 100 cm³/mol. The van der Waals surface area contributed by atoms with Crippen molar-refractivity contribution in [1.82, 2.24) is 9.55 Å². The molecule has 5 heteroatoms. The second-order valence-corrected chi connectivity index (χ2v) is 9.20. The van der Waals surface area contributed by atoms with Crippen molar-refractivity contribution in [3.8, 4) is 5.75 Å². The van der Waals surface area contributed by atoms with Crippen molar-refractivity contribution < 1.29 is 4.74 Å². The van der Waals surface area contributed by atoms with E-state index in [1.165, 1.54) is 17.7 Å². The summed E-state index contributed by atoms with van der Waals surface area (Å²) in [6, 6.07) is 8.60. The summed E-state index contributed by atoms with van der Waals surface area (Å²) in [6.07, 6.45) is 8.18. The van der Waals surface area contributed by atoms with Crippen molar-refractivity contribution in [3.63, 3.8) is 0 Å². The van der Waals surface area contributed by atoms with Gasteiger partial charge in [-0.05, 0) is 37.5 Å². The van der Waals surface area contributed by atoms with Crippen LogP contribution < -0.4 is 4.74 Å². The Hall–Kier alpha value is -1.07. The van der Waals surface area contributed by atoms with E-state index < -0.39 is 0 Å². The lowest BCUT2D eigenvalue weighted by Crippen LogP contribution is -2.27. The molecule has 3 rings (SSSR count). The van der Waals surface area contributed by atoms with Gasteiger partial charge in [0.25, 0.3) is 0 Å². The molecule has 0 spiro atoms. The van der Waals surface area contributed by atoms with Gasteiger partial charge < -0.3 is 9.30 Å². The number of nitrogens with zero attached hydrogens (tertiary/aromatic N) is 2. The van der Waals surface area contributed by atoms with Gasteiger partial charge >= 0.3 is 0 Å². The van der Waals surface area contributed by atoms with Gasteiger partial charge in [-0.3, -0.25) is 0 Å². The summed E-state index contributed by atoms with van der Waals surface area (Å²) in [6.45, 7) is 6.03. The number of benzene rings is 1. The van der Waals surface area contributed by atoms with Crippen LogP contribution in [0.15, 0.2) is 43.0 Å². The Bertz CT molecular complexity index is 600. The second-order valence-electron chi connectivity index (χ2n) is 5.86. The molecule has 0 radical (unpaired) electrons. The SMILES string of the molecule is CCOc1ccc(CC2(Cn3ccnc3)SCC(CC)S2)cc1. The van der Waals surface area contributed by atoms with Gasteiger partial charge in [0.2, 0.25) is 0 Å². The third-order valence-corrected chi connectivity index (χ3v) is 7.82. The summed E-state index contributed by atoms with van der Waals surface area (Å²) in [5.41, 5.74) is 1.38. The second kappa shape index (κ2) is 7.67. The van der Waals surface area contributed by atoms with Crippen LogP contribution in [0.1, 0.15) is 25.8 Å². The van der Waals surface area contributed by atoms with Gasteiger partial charge in [-0.25, -0.2) is 4.98 Å². The van der Waals surface area contributed by atoms with Gasteiger partial charge in [0.05, 0.1) is 17.0 Å². The van der Waals surface area contributed by atoms with E-state index in [9.17, 15) is 0 Å². The Morgan fingerprint density at radius 2 is 2.13 bits per heavy atom. The summed E-state index contributed by atoms with van der Waals surface area (Å²) >= 11 is 4.26. The minimum absolute atomic E-state index is 0.203. The minimum Gasteiger partial charge on any atom is -0.494 e. The normalized spacial score (nSPS) is 24.0. The Kier molecular flexibility index (Phi) is 5.59. The average Bonchev–Trinajstić information content (AvgIpc) is 3.20. The van der Waals surface area contributed by atoms with Crippen LogP contribution >= 0.6 is 23.5 Å². The van der Waals surface area contributed by atoms with Gasteiger partial charge in [-0.1, -0.05) is 19.1 Å². The van der Waals surface area contributed by atoms with Crippen molar-refractivity contribution >= 4 is 23.5 Å². The van der Waals surface area contributed by atoms with Crippen LogP contribution in [0.2, 0.25) is 0 Å². The fraction of sp³-hybridized carbons (Fsp3) is 0.500. The molecule has 1 aromatic carbocycles. The highest BCUT2D eigenvalue weighted by Gasteiger charge is 2.40. The molecule has 2 heterocycles. The van der Waals surface area contributed by atoms with Crippen LogP contribution in [0.4, 0.5) is 0 Å². The summed E-state index contributed by atoms with van der Waals surface area (Å²) in [5.74, 6) is 2.20. The molecule has 124 valence electrons. The van der Waals surface area contributed by atoms with E-state index in [1.807, 2.05) is 19.4 Å². The van der Waals surface area contributed by atoms with E-state index in [2.05, 4.69) is 70.5 Å². The first kappa shape index (κ1) is 16.8. The van der Waals surface area contributed by atoms with Gasteiger partial charge in [0.15, 0.2) is 0 Å². The molecule has 2 aromatic rings. The standard InChI is InChI=1S/C18H24N2OS2/c1-3-17-12-22-18(23-17,13-20-10-9-19-14-20)11-15-5-7-16(8-6-15)21-4-2/h5-10,14,17H,3-4,11-13H2,1-2H3. The van der Waals surface area contributed by atoms with Gasteiger partial charge in [-0.15, -0.1) is 23.5 Å². The minimum atomic E-state index is 0.203. The lowest BCUT2D eigenvalue weighted by molar-refractivity contribution is 0.340. The fourth-order valence-corrected chi connectivity index (χ4v) is 6.73. The highest BCUT2D eigenvalue weighted by atomic mass is 32.2. The van der Waals surface area contributed by atoms with Gasteiger partial charge in [0, 0.05) is 29.9 Å². The molecule has 0 aliphatic carbocycles. The zero-order valence-electron chi connectivity index (χ0n) is 13.8. The summed E-state index contributed by atoms with van der Waals surface area (Å²) < 4.78 is 7.97. The Balaban J connectivity index is 1.75.